The van der Waals surface area contributed by atoms with Crippen molar-refractivity contribution in [3.63, 3.8) is 0 Å². The van der Waals surface area contributed by atoms with Crippen molar-refractivity contribution in [3.8, 4) is 0 Å². The van der Waals surface area contributed by atoms with E-state index in [1.54, 1.807) is 0 Å². The van der Waals surface area contributed by atoms with Crippen LogP contribution in [0.25, 0.3) is 21.8 Å². The number of nitrogens with one attached hydrogen (secondary N) is 1. The van der Waals surface area contributed by atoms with Crippen LogP contribution < -0.4 is 5.32 Å². The van der Waals surface area contributed by atoms with Gasteiger partial charge in [-0.15, -0.1) is 49.6 Å². The standard InChI is InChI=1S/C24H27ClN4.4ClH/c1-28(2)14-6-12-26-16-22-24-21(11-13-27-22)20-9-3-4-10-23(20)29(24)17-18-7-5-8-19(25)15-18;;;;/h3-5,7-11,13,15,26H,6,12,14,16-17H2,1-2H3;4*1H. The number of para-hydroxylation sites is 1. The van der Waals surface area contributed by atoms with Crippen molar-refractivity contribution in [2.24, 2.45) is 0 Å². The Balaban J connectivity index is 0.00000256. The van der Waals surface area contributed by atoms with Crippen molar-refractivity contribution in [3.05, 3.63) is 77.1 Å². The third kappa shape index (κ3) is 7.63. The predicted molar refractivity (Wildman–Crippen MR) is 152 cm³/mol. The zero-order valence-corrected chi connectivity index (χ0v) is 22.7. The molecular weight excluding hydrogens is 522 g/mol. The summed E-state index contributed by atoms with van der Waals surface area (Å²) in [7, 11) is 4.22. The maximum atomic E-state index is 6.24. The van der Waals surface area contributed by atoms with E-state index >= 15 is 0 Å². The lowest BCUT2D eigenvalue weighted by Gasteiger charge is -2.12. The van der Waals surface area contributed by atoms with Gasteiger partial charge in [0.1, 0.15) is 0 Å². The highest BCUT2D eigenvalue weighted by molar-refractivity contribution is 6.30. The largest absolute Gasteiger partial charge is 0.334 e. The number of hydrogen-bond donors (Lipinski definition) is 1. The molecule has 0 aliphatic rings. The lowest BCUT2D eigenvalue weighted by molar-refractivity contribution is 0.394. The number of aromatic nitrogens is 2. The molecule has 0 aliphatic heterocycles. The van der Waals surface area contributed by atoms with Gasteiger partial charge < -0.3 is 14.8 Å². The van der Waals surface area contributed by atoms with Crippen LogP contribution in [-0.2, 0) is 13.1 Å². The number of halogens is 5. The molecule has 2 aromatic carbocycles. The van der Waals surface area contributed by atoms with E-state index in [1.807, 2.05) is 24.4 Å². The van der Waals surface area contributed by atoms with Crippen LogP contribution in [0.1, 0.15) is 17.7 Å². The van der Waals surface area contributed by atoms with Crippen LogP contribution in [0.4, 0.5) is 0 Å². The van der Waals surface area contributed by atoms with E-state index in [1.165, 1.54) is 27.4 Å². The molecule has 2 aromatic heterocycles. The highest BCUT2D eigenvalue weighted by Crippen LogP contribution is 2.31. The van der Waals surface area contributed by atoms with Crippen molar-refractivity contribution in [1.29, 1.82) is 0 Å². The highest BCUT2D eigenvalue weighted by atomic mass is 35.5. The van der Waals surface area contributed by atoms with Crippen LogP contribution in [0.15, 0.2) is 60.8 Å². The van der Waals surface area contributed by atoms with Crippen molar-refractivity contribution in [2.45, 2.75) is 19.5 Å². The Morgan fingerprint density at radius 3 is 2.42 bits per heavy atom. The number of nitrogens with zero attached hydrogens (tertiary/aromatic N) is 3. The van der Waals surface area contributed by atoms with Crippen LogP contribution in [0.5, 0.6) is 0 Å². The lowest BCUT2D eigenvalue weighted by atomic mass is 10.1. The maximum absolute atomic E-state index is 6.24. The fourth-order valence-corrected chi connectivity index (χ4v) is 4.12. The first-order valence-electron chi connectivity index (χ1n) is 10.1. The van der Waals surface area contributed by atoms with E-state index in [9.17, 15) is 0 Å². The van der Waals surface area contributed by atoms with Gasteiger partial charge in [-0.25, -0.2) is 0 Å². The second kappa shape index (κ2) is 14.9. The molecule has 0 amide bonds. The summed E-state index contributed by atoms with van der Waals surface area (Å²) in [5.74, 6) is 0. The van der Waals surface area contributed by atoms with Gasteiger partial charge in [0.25, 0.3) is 0 Å². The van der Waals surface area contributed by atoms with Gasteiger partial charge in [0.15, 0.2) is 0 Å². The predicted octanol–water partition coefficient (Wildman–Crippen LogP) is 6.62. The van der Waals surface area contributed by atoms with E-state index in [0.717, 1.165) is 43.3 Å². The molecule has 4 nitrogen and oxygen atoms in total. The monoisotopic (exact) mass is 550 g/mol. The SMILES string of the molecule is CN(C)CCCNCc1nccc2c3ccccc3n(Cc3cccc(Cl)c3)c12.Cl.Cl.Cl.Cl. The van der Waals surface area contributed by atoms with Gasteiger partial charge >= 0.3 is 0 Å². The number of rotatable bonds is 8. The average Bonchev–Trinajstić information content (AvgIpc) is 3.02. The molecule has 33 heavy (non-hydrogen) atoms. The summed E-state index contributed by atoms with van der Waals surface area (Å²) in [5.41, 5.74) is 4.71. The van der Waals surface area contributed by atoms with Gasteiger partial charge in [-0.2, -0.15) is 0 Å². The fourth-order valence-electron chi connectivity index (χ4n) is 3.91. The molecule has 182 valence electrons. The smallest absolute Gasteiger partial charge is 0.0784 e. The molecule has 0 spiro atoms. The van der Waals surface area contributed by atoms with Crippen molar-refractivity contribution in [2.75, 3.05) is 27.2 Å². The summed E-state index contributed by atoms with van der Waals surface area (Å²) < 4.78 is 2.38. The summed E-state index contributed by atoms with van der Waals surface area (Å²) in [6.45, 7) is 3.59. The molecular formula is C24H31Cl5N4. The van der Waals surface area contributed by atoms with Crippen LogP contribution in [-0.4, -0.2) is 41.6 Å². The van der Waals surface area contributed by atoms with Crippen LogP contribution in [0.2, 0.25) is 5.02 Å². The van der Waals surface area contributed by atoms with Crippen molar-refractivity contribution in [1.82, 2.24) is 19.8 Å². The molecule has 4 aromatic rings. The van der Waals surface area contributed by atoms with Gasteiger partial charge in [0.2, 0.25) is 0 Å². The van der Waals surface area contributed by atoms with Gasteiger partial charge in [-0.3, -0.25) is 4.98 Å². The first-order chi connectivity index (χ1) is 14.1. The summed E-state index contributed by atoms with van der Waals surface area (Å²) in [5, 5.41) is 6.86. The Hall–Kier alpha value is -1.24. The molecule has 0 atom stereocenters. The molecule has 2 heterocycles. The van der Waals surface area contributed by atoms with Crippen LogP contribution in [0.3, 0.4) is 0 Å². The Morgan fingerprint density at radius 2 is 1.70 bits per heavy atom. The molecule has 0 unspecified atom stereocenters. The zero-order chi connectivity index (χ0) is 20.2. The van der Waals surface area contributed by atoms with E-state index in [2.05, 4.69) is 65.3 Å². The fraction of sp³-hybridized carbons (Fsp3) is 0.292. The molecule has 0 aliphatic carbocycles. The number of hydrogen-bond acceptors (Lipinski definition) is 3. The third-order valence-corrected chi connectivity index (χ3v) is 5.47. The molecule has 0 bridgehead atoms. The normalized spacial score (nSPS) is 10.3. The second-order valence-corrected chi connectivity index (χ2v) is 8.16. The molecule has 1 N–H and O–H groups in total. The number of pyridine rings is 1. The van der Waals surface area contributed by atoms with Crippen molar-refractivity contribution >= 4 is 83.0 Å². The Morgan fingerprint density at radius 1 is 0.939 bits per heavy atom. The third-order valence-electron chi connectivity index (χ3n) is 5.24. The first kappa shape index (κ1) is 31.8. The molecule has 0 saturated carbocycles. The lowest BCUT2D eigenvalue weighted by Crippen LogP contribution is -2.21. The molecule has 0 saturated heterocycles. The molecule has 9 heteroatoms. The molecule has 4 rings (SSSR count). The Labute approximate surface area is 225 Å². The van der Waals surface area contributed by atoms with Crippen LogP contribution in [0, 0.1) is 0 Å². The number of fused-ring (bicyclic) bond motifs is 3. The van der Waals surface area contributed by atoms with Gasteiger partial charge in [-0.1, -0.05) is 41.9 Å². The van der Waals surface area contributed by atoms with Crippen molar-refractivity contribution < 1.29 is 0 Å². The Bertz CT molecular complexity index is 1130. The van der Waals surface area contributed by atoms with Crippen LogP contribution >= 0.6 is 61.2 Å². The van der Waals surface area contributed by atoms with Gasteiger partial charge in [0, 0.05) is 40.6 Å². The maximum Gasteiger partial charge on any atom is 0.0784 e. The highest BCUT2D eigenvalue weighted by Gasteiger charge is 2.15. The zero-order valence-electron chi connectivity index (χ0n) is 18.7. The summed E-state index contributed by atoms with van der Waals surface area (Å²) in [6, 6.07) is 18.8. The van der Waals surface area contributed by atoms with E-state index < -0.39 is 0 Å². The second-order valence-electron chi connectivity index (χ2n) is 7.72. The summed E-state index contributed by atoms with van der Waals surface area (Å²) >= 11 is 6.24. The number of benzene rings is 2. The average molecular weight is 553 g/mol. The van der Waals surface area contributed by atoms with E-state index in [4.69, 9.17) is 16.6 Å². The molecule has 0 fully saturated rings. The van der Waals surface area contributed by atoms with E-state index in [-0.39, 0.29) is 49.6 Å². The Kier molecular flexibility index (Phi) is 14.3. The first-order valence-corrected chi connectivity index (χ1v) is 10.5. The van der Waals surface area contributed by atoms with E-state index in [0.29, 0.717) is 0 Å². The summed E-state index contributed by atoms with van der Waals surface area (Å²) in [4.78, 5) is 6.95. The minimum Gasteiger partial charge on any atom is -0.334 e. The molecule has 0 radical (unpaired) electrons. The minimum atomic E-state index is 0. The topological polar surface area (TPSA) is 33.1 Å². The van der Waals surface area contributed by atoms with Gasteiger partial charge in [-0.05, 0) is 63.4 Å². The summed E-state index contributed by atoms with van der Waals surface area (Å²) in [6.07, 6.45) is 3.05. The minimum absolute atomic E-state index is 0. The quantitative estimate of drug-likeness (QED) is 0.250. The van der Waals surface area contributed by atoms with Gasteiger partial charge in [0.05, 0.1) is 11.2 Å².